The molecule has 7 nitrogen and oxygen atoms in total. The summed E-state index contributed by atoms with van der Waals surface area (Å²) in [6, 6.07) is 16.5. The molecule has 0 aliphatic carbocycles. The number of ether oxygens (including phenoxy) is 1. The van der Waals surface area contributed by atoms with E-state index >= 15 is 0 Å². The average Bonchev–Trinajstić information content (AvgIpc) is 3.13. The van der Waals surface area contributed by atoms with E-state index in [4.69, 9.17) is 4.74 Å². The Labute approximate surface area is 149 Å². The van der Waals surface area contributed by atoms with Crippen LogP contribution in [0, 0.1) is 0 Å². The quantitative estimate of drug-likeness (QED) is 0.711. The molecule has 0 spiro atoms. The van der Waals surface area contributed by atoms with Gasteiger partial charge in [-0.2, -0.15) is 5.10 Å². The molecule has 1 amide bonds. The van der Waals surface area contributed by atoms with Gasteiger partial charge in [-0.1, -0.05) is 30.3 Å². The van der Waals surface area contributed by atoms with Gasteiger partial charge in [0.05, 0.1) is 24.6 Å². The van der Waals surface area contributed by atoms with Crippen molar-refractivity contribution < 1.29 is 14.3 Å². The minimum atomic E-state index is -0.430. The van der Waals surface area contributed by atoms with Gasteiger partial charge in [-0.3, -0.25) is 4.79 Å². The van der Waals surface area contributed by atoms with E-state index in [1.165, 1.54) is 7.11 Å². The molecule has 0 bridgehead atoms. The summed E-state index contributed by atoms with van der Waals surface area (Å²) in [6.45, 7) is 0. The minimum absolute atomic E-state index is 0.206. The largest absolute Gasteiger partial charge is 0.465 e. The van der Waals surface area contributed by atoms with E-state index in [1.54, 1.807) is 35.1 Å². The van der Waals surface area contributed by atoms with Crippen LogP contribution in [0.1, 0.15) is 32.4 Å². The molecule has 1 atom stereocenters. The molecule has 130 valence electrons. The van der Waals surface area contributed by atoms with Gasteiger partial charge in [0.1, 0.15) is 17.5 Å². The maximum atomic E-state index is 12.5. The fourth-order valence-electron chi connectivity index (χ4n) is 2.90. The first-order valence-electron chi connectivity index (χ1n) is 8.06. The Balaban J connectivity index is 1.66. The molecule has 2 N–H and O–H groups in total. The number of methoxy groups -OCH3 is 1. The summed E-state index contributed by atoms with van der Waals surface area (Å²) >= 11 is 0. The summed E-state index contributed by atoms with van der Waals surface area (Å²) in [5.41, 5.74) is 2.61. The number of rotatable bonds is 3. The number of para-hydroxylation sites is 1. The zero-order chi connectivity index (χ0) is 18.1. The summed E-state index contributed by atoms with van der Waals surface area (Å²) in [6.07, 6.45) is 1.11. The van der Waals surface area contributed by atoms with E-state index in [-0.39, 0.29) is 5.91 Å². The van der Waals surface area contributed by atoms with Crippen molar-refractivity contribution >= 4 is 17.7 Å². The number of esters is 1. The van der Waals surface area contributed by atoms with Crippen LogP contribution in [0.5, 0.6) is 0 Å². The van der Waals surface area contributed by atoms with Gasteiger partial charge in [0.25, 0.3) is 5.91 Å². The Morgan fingerprint density at radius 2 is 1.81 bits per heavy atom. The molecule has 3 aromatic rings. The molecule has 0 fully saturated rings. The van der Waals surface area contributed by atoms with Crippen LogP contribution < -0.4 is 10.6 Å². The van der Waals surface area contributed by atoms with Gasteiger partial charge in [0, 0.05) is 0 Å². The van der Waals surface area contributed by atoms with Crippen molar-refractivity contribution in [2.24, 2.45) is 0 Å². The number of carbonyl (C=O) groups is 2. The van der Waals surface area contributed by atoms with Crippen molar-refractivity contribution in [2.75, 3.05) is 12.4 Å². The normalized spacial score (nSPS) is 15.6. The summed E-state index contributed by atoms with van der Waals surface area (Å²) in [7, 11) is 1.34. The number of nitrogens with one attached hydrogen (secondary N) is 2. The zero-order valence-electron chi connectivity index (χ0n) is 14.0. The molecule has 0 saturated carbocycles. The minimum Gasteiger partial charge on any atom is -0.465 e. The van der Waals surface area contributed by atoms with Gasteiger partial charge in [0.2, 0.25) is 0 Å². The summed E-state index contributed by atoms with van der Waals surface area (Å²) in [5.74, 6) is 0.0200. The van der Waals surface area contributed by atoms with Gasteiger partial charge in [-0.05, 0) is 29.8 Å². The van der Waals surface area contributed by atoms with Crippen LogP contribution in [-0.4, -0.2) is 28.8 Å². The third-order valence-electron chi connectivity index (χ3n) is 4.24. The highest BCUT2D eigenvalue weighted by molar-refractivity contribution is 6.01. The van der Waals surface area contributed by atoms with Crippen molar-refractivity contribution in [1.29, 1.82) is 0 Å². The van der Waals surface area contributed by atoms with Crippen molar-refractivity contribution in [3.8, 4) is 5.69 Å². The number of fused-ring (bicyclic) bond motifs is 1. The first-order valence-corrected chi connectivity index (χ1v) is 8.06. The van der Waals surface area contributed by atoms with Crippen LogP contribution in [0.4, 0.5) is 5.82 Å². The molecule has 0 radical (unpaired) electrons. The highest BCUT2D eigenvalue weighted by atomic mass is 16.5. The SMILES string of the molecule is COC(=O)c1ccc([C@@H]2NC(=O)c3cnn(-c4ccccc4)c3N2)cc1. The second kappa shape index (κ2) is 6.36. The predicted molar refractivity (Wildman–Crippen MR) is 95.2 cm³/mol. The second-order valence-corrected chi connectivity index (χ2v) is 5.82. The van der Waals surface area contributed by atoms with Gasteiger partial charge in [0.15, 0.2) is 0 Å². The molecule has 2 aromatic carbocycles. The smallest absolute Gasteiger partial charge is 0.337 e. The van der Waals surface area contributed by atoms with Crippen LogP contribution in [0.15, 0.2) is 60.8 Å². The van der Waals surface area contributed by atoms with Crippen molar-refractivity contribution in [3.63, 3.8) is 0 Å². The van der Waals surface area contributed by atoms with Gasteiger partial charge in [-0.15, -0.1) is 0 Å². The number of hydrogen-bond donors (Lipinski definition) is 2. The van der Waals surface area contributed by atoms with Gasteiger partial charge in [-0.25, -0.2) is 9.48 Å². The number of hydrogen-bond acceptors (Lipinski definition) is 5. The Morgan fingerprint density at radius 3 is 2.50 bits per heavy atom. The standard InChI is InChI=1S/C19H16N4O3/c1-26-19(25)13-9-7-12(8-10-13)16-21-17-15(18(24)22-16)11-20-23(17)14-5-3-2-4-6-14/h2-11,16,21H,1H3,(H,22,24)/t16-/m0/s1. The van der Waals surface area contributed by atoms with Gasteiger partial charge >= 0.3 is 5.97 Å². The van der Waals surface area contributed by atoms with E-state index in [9.17, 15) is 9.59 Å². The maximum Gasteiger partial charge on any atom is 0.337 e. The number of carbonyl (C=O) groups excluding carboxylic acids is 2. The lowest BCUT2D eigenvalue weighted by Crippen LogP contribution is -2.38. The first-order chi connectivity index (χ1) is 12.7. The molecule has 4 rings (SSSR count). The average molecular weight is 348 g/mol. The lowest BCUT2D eigenvalue weighted by Gasteiger charge is -2.27. The third-order valence-corrected chi connectivity index (χ3v) is 4.24. The Hall–Kier alpha value is -3.61. The van der Waals surface area contributed by atoms with E-state index in [2.05, 4.69) is 15.7 Å². The molecular weight excluding hydrogens is 332 g/mol. The summed E-state index contributed by atoms with van der Waals surface area (Å²) in [5, 5.41) is 10.5. The number of amides is 1. The fourth-order valence-corrected chi connectivity index (χ4v) is 2.90. The topological polar surface area (TPSA) is 85.2 Å². The van der Waals surface area contributed by atoms with Gasteiger partial charge < -0.3 is 15.4 Å². The Bertz CT molecular complexity index is 964. The molecule has 2 heterocycles. The molecule has 7 heteroatoms. The highest BCUT2D eigenvalue weighted by Gasteiger charge is 2.28. The van der Waals surface area contributed by atoms with Crippen LogP contribution in [0.3, 0.4) is 0 Å². The lowest BCUT2D eigenvalue weighted by atomic mass is 10.1. The zero-order valence-corrected chi connectivity index (χ0v) is 14.0. The molecule has 1 aliphatic rings. The molecule has 26 heavy (non-hydrogen) atoms. The fraction of sp³-hybridized carbons (Fsp3) is 0.105. The molecule has 0 saturated heterocycles. The van der Waals surface area contributed by atoms with Crippen molar-refractivity contribution in [1.82, 2.24) is 15.1 Å². The number of aromatic nitrogens is 2. The number of anilines is 1. The van der Waals surface area contributed by atoms with Crippen LogP contribution in [-0.2, 0) is 4.74 Å². The number of benzene rings is 2. The third kappa shape index (κ3) is 2.69. The van der Waals surface area contributed by atoms with E-state index < -0.39 is 12.1 Å². The summed E-state index contributed by atoms with van der Waals surface area (Å²) in [4.78, 5) is 24.0. The van der Waals surface area contributed by atoms with Crippen LogP contribution >= 0.6 is 0 Å². The predicted octanol–water partition coefficient (Wildman–Crippen LogP) is 2.51. The monoisotopic (exact) mass is 348 g/mol. The Kier molecular flexibility index (Phi) is 3.89. The molecule has 0 unspecified atom stereocenters. The molecule has 1 aliphatic heterocycles. The number of nitrogens with zero attached hydrogens (tertiary/aromatic N) is 2. The van der Waals surface area contributed by atoms with E-state index in [0.29, 0.717) is 16.9 Å². The van der Waals surface area contributed by atoms with Crippen LogP contribution in [0.2, 0.25) is 0 Å². The van der Waals surface area contributed by atoms with Crippen molar-refractivity contribution in [2.45, 2.75) is 6.17 Å². The Morgan fingerprint density at radius 1 is 1.08 bits per heavy atom. The van der Waals surface area contributed by atoms with Crippen LogP contribution in [0.25, 0.3) is 5.69 Å². The maximum absolute atomic E-state index is 12.5. The second-order valence-electron chi connectivity index (χ2n) is 5.82. The first kappa shape index (κ1) is 15.9. The van der Waals surface area contributed by atoms with E-state index in [0.717, 1.165) is 11.3 Å². The van der Waals surface area contributed by atoms with Crippen molar-refractivity contribution in [3.05, 3.63) is 77.5 Å². The highest BCUT2D eigenvalue weighted by Crippen LogP contribution is 2.28. The lowest BCUT2D eigenvalue weighted by molar-refractivity contribution is 0.0600. The molecular formula is C19H16N4O3. The molecule has 1 aromatic heterocycles. The summed E-state index contributed by atoms with van der Waals surface area (Å²) < 4.78 is 6.40. The van der Waals surface area contributed by atoms with E-state index in [1.807, 2.05) is 30.3 Å².